The van der Waals surface area contributed by atoms with Gasteiger partial charge in [0.05, 0.1) is 23.2 Å². The maximum atomic E-state index is 13.5. The summed E-state index contributed by atoms with van der Waals surface area (Å²) in [6.45, 7) is 11.4. The number of halogens is 1. The van der Waals surface area contributed by atoms with Crippen LogP contribution in [0, 0.1) is 11.8 Å². The molecule has 4 unspecified atom stereocenters. The highest BCUT2D eigenvalue weighted by atomic mass is 35.5. The van der Waals surface area contributed by atoms with Crippen LogP contribution in [0.25, 0.3) is 0 Å². The summed E-state index contributed by atoms with van der Waals surface area (Å²) in [7, 11) is 0.272. The molecule has 0 saturated carbocycles. The van der Waals surface area contributed by atoms with Gasteiger partial charge in [0, 0.05) is 30.6 Å². The number of nitrogens with zero attached hydrogens (tertiary/aromatic N) is 2. The number of amides is 1. The van der Waals surface area contributed by atoms with Crippen molar-refractivity contribution in [2.75, 3.05) is 38.2 Å². The molecule has 0 aliphatic carbocycles. The lowest BCUT2D eigenvalue weighted by Crippen LogP contribution is -2.48. The van der Waals surface area contributed by atoms with E-state index in [4.69, 9.17) is 16.3 Å². The third-order valence-electron chi connectivity index (χ3n) is 8.41. The number of hydrogen-bond acceptors (Lipinski definition) is 5. The van der Waals surface area contributed by atoms with Crippen LogP contribution in [0.5, 0.6) is 5.75 Å². The number of carbonyl (C=O) groups excluding carboxylic acids is 1. The molecule has 1 N–H and O–H groups in total. The number of hydrogen-bond donors (Lipinski definition) is 1. The summed E-state index contributed by atoms with van der Waals surface area (Å²) in [6, 6.07) is 11.5. The Kier molecular flexibility index (Phi) is 11.3. The molecule has 0 saturated heterocycles. The SMILES string of the molecule is CCCc1cc(Cl)ccc1C1COc2ccc3cc2N(CCC(CC)C/C=C/CN(C)C(C(C)C)C(=O)NS3=O)C1. The van der Waals surface area contributed by atoms with Crippen molar-refractivity contribution in [3.05, 3.63) is 64.7 Å². The summed E-state index contributed by atoms with van der Waals surface area (Å²) in [4.78, 5) is 18.3. The fourth-order valence-corrected chi connectivity index (χ4v) is 7.17. The predicted octanol–water partition coefficient (Wildman–Crippen LogP) is 6.75. The van der Waals surface area contributed by atoms with E-state index in [1.807, 2.05) is 50.1 Å². The van der Waals surface area contributed by atoms with E-state index < -0.39 is 11.0 Å². The Morgan fingerprint density at radius 3 is 2.68 bits per heavy atom. The van der Waals surface area contributed by atoms with E-state index in [-0.39, 0.29) is 23.8 Å². The minimum atomic E-state index is -1.68. The number of likely N-dealkylation sites (N-methyl/N-ethyl adjacent to an activating group) is 1. The molecule has 6 nitrogen and oxygen atoms in total. The first kappa shape index (κ1) is 31.6. The lowest BCUT2D eigenvalue weighted by molar-refractivity contribution is -0.125. The van der Waals surface area contributed by atoms with Crippen molar-refractivity contribution >= 4 is 34.2 Å². The molecule has 224 valence electrons. The van der Waals surface area contributed by atoms with Crippen molar-refractivity contribution in [2.45, 2.75) is 76.7 Å². The summed E-state index contributed by atoms with van der Waals surface area (Å²) in [5, 5.41) is 0.763. The van der Waals surface area contributed by atoms with Gasteiger partial charge in [0.25, 0.3) is 0 Å². The van der Waals surface area contributed by atoms with Crippen LogP contribution in [-0.2, 0) is 22.2 Å². The average molecular weight is 600 g/mol. The van der Waals surface area contributed by atoms with E-state index in [1.54, 1.807) is 0 Å². The molecule has 8 heteroatoms. The highest BCUT2D eigenvalue weighted by molar-refractivity contribution is 7.83. The zero-order chi connectivity index (χ0) is 29.5. The molecule has 4 atom stereocenters. The zero-order valence-electron chi connectivity index (χ0n) is 25.2. The number of fused-ring (bicyclic) bond motifs is 1. The minimum absolute atomic E-state index is 0.0750. The van der Waals surface area contributed by atoms with Crippen LogP contribution in [0.1, 0.15) is 70.4 Å². The van der Waals surface area contributed by atoms with E-state index in [0.29, 0.717) is 24.0 Å². The van der Waals surface area contributed by atoms with Crippen LogP contribution >= 0.6 is 11.6 Å². The normalized spacial score (nSPS) is 25.3. The topological polar surface area (TPSA) is 61.9 Å². The van der Waals surface area contributed by atoms with Crippen LogP contribution < -0.4 is 14.4 Å². The van der Waals surface area contributed by atoms with E-state index in [1.165, 1.54) is 11.1 Å². The van der Waals surface area contributed by atoms with E-state index in [0.717, 1.165) is 61.7 Å². The summed E-state index contributed by atoms with van der Waals surface area (Å²) < 4.78 is 22.7. The molecule has 0 radical (unpaired) electrons. The lowest BCUT2D eigenvalue weighted by atomic mass is 9.91. The number of allylic oxidation sites excluding steroid dienone is 1. The van der Waals surface area contributed by atoms with Crippen LogP contribution in [-0.4, -0.2) is 54.3 Å². The van der Waals surface area contributed by atoms with Crippen LogP contribution in [0.4, 0.5) is 5.69 Å². The summed E-state index contributed by atoms with van der Waals surface area (Å²) in [5.74, 6) is 1.36. The maximum absolute atomic E-state index is 13.5. The van der Waals surface area contributed by atoms with E-state index in [9.17, 15) is 9.00 Å². The second kappa shape index (κ2) is 14.7. The average Bonchev–Trinajstić information content (AvgIpc) is 3.11. The molecule has 2 aliphatic rings. The molecular weight excluding hydrogens is 554 g/mol. The number of anilines is 1. The second-order valence-electron chi connectivity index (χ2n) is 11.8. The van der Waals surface area contributed by atoms with Gasteiger partial charge in [0.15, 0.2) is 11.0 Å². The molecule has 2 heterocycles. The minimum Gasteiger partial charge on any atom is -0.491 e. The number of ether oxygens (including phenoxy) is 1. The molecular formula is C33H46ClN3O3S. The molecule has 1 amide bonds. The molecule has 0 fully saturated rings. The second-order valence-corrected chi connectivity index (χ2v) is 13.5. The Hall–Kier alpha value is -2.35. The van der Waals surface area contributed by atoms with Crippen molar-refractivity contribution in [1.82, 2.24) is 9.62 Å². The molecule has 2 aromatic rings. The van der Waals surface area contributed by atoms with Crippen LogP contribution in [0.2, 0.25) is 5.02 Å². The third-order valence-corrected chi connectivity index (χ3v) is 9.72. The molecule has 4 rings (SSSR count). The molecule has 0 spiro atoms. The van der Waals surface area contributed by atoms with Gasteiger partial charge in [0.1, 0.15) is 5.75 Å². The first-order chi connectivity index (χ1) is 19.7. The molecule has 0 aromatic heterocycles. The number of carbonyl (C=O) groups is 1. The Morgan fingerprint density at radius 2 is 1.95 bits per heavy atom. The smallest absolute Gasteiger partial charge is 0.249 e. The van der Waals surface area contributed by atoms with Gasteiger partial charge in [-0.3, -0.25) is 14.4 Å². The van der Waals surface area contributed by atoms with Gasteiger partial charge < -0.3 is 9.64 Å². The van der Waals surface area contributed by atoms with Crippen molar-refractivity contribution < 1.29 is 13.7 Å². The van der Waals surface area contributed by atoms with Gasteiger partial charge in [-0.25, -0.2) is 4.21 Å². The maximum Gasteiger partial charge on any atom is 0.249 e. The fourth-order valence-electron chi connectivity index (χ4n) is 6.14. The zero-order valence-corrected chi connectivity index (χ0v) is 26.8. The van der Waals surface area contributed by atoms with Crippen molar-refractivity contribution in [3.63, 3.8) is 0 Å². The van der Waals surface area contributed by atoms with E-state index in [2.05, 4.69) is 47.8 Å². The van der Waals surface area contributed by atoms with Gasteiger partial charge >= 0.3 is 0 Å². The third kappa shape index (κ3) is 7.94. The van der Waals surface area contributed by atoms with Crippen molar-refractivity contribution in [2.24, 2.45) is 11.8 Å². The molecule has 2 aliphatic heterocycles. The monoisotopic (exact) mass is 599 g/mol. The van der Waals surface area contributed by atoms with Crippen molar-refractivity contribution in [3.8, 4) is 5.75 Å². The predicted molar refractivity (Wildman–Crippen MR) is 170 cm³/mol. The van der Waals surface area contributed by atoms with Gasteiger partial charge in [-0.2, -0.15) is 0 Å². The number of aryl methyl sites for hydroxylation is 1. The standard InChI is InChI=1S/C33H46ClN3O3S/c1-6-10-25-19-27(34)12-14-29(25)26-21-37-18-16-24(7-2)11-8-9-17-36(5)32(23(3)4)33(38)35-41(39)28-13-15-31(40-22-26)30(37)20-28/h8-9,12-15,19-20,23-24,26,32H,6-7,10-11,16-18,21-22H2,1-5H3,(H,35,38)/b9-8+. The summed E-state index contributed by atoms with van der Waals surface area (Å²) in [6.07, 6.45) is 9.59. The number of rotatable bonds is 5. The first-order valence-electron chi connectivity index (χ1n) is 15.1. The molecule has 2 bridgehead atoms. The Balaban J connectivity index is 1.71. The number of nitrogens with one attached hydrogen (secondary N) is 1. The highest BCUT2D eigenvalue weighted by Crippen LogP contribution is 2.38. The van der Waals surface area contributed by atoms with Gasteiger partial charge in [-0.05, 0) is 79.6 Å². The molecule has 41 heavy (non-hydrogen) atoms. The quantitative estimate of drug-likeness (QED) is 0.385. The lowest BCUT2D eigenvalue weighted by Gasteiger charge is -2.30. The summed E-state index contributed by atoms with van der Waals surface area (Å²) in [5.41, 5.74) is 3.50. The summed E-state index contributed by atoms with van der Waals surface area (Å²) >= 11 is 6.39. The van der Waals surface area contributed by atoms with Crippen LogP contribution in [0.3, 0.4) is 0 Å². The van der Waals surface area contributed by atoms with Gasteiger partial charge in [-0.15, -0.1) is 0 Å². The fraction of sp³-hybridized carbons (Fsp3) is 0.545. The highest BCUT2D eigenvalue weighted by Gasteiger charge is 2.30. The van der Waals surface area contributed by atoms with E-state index >= 15 is 0 Å². The largest absolute Gasteiger partial charge is 0.491 e. The Bertz CT molecular complexity index is 1250. The molecule has 2 aromatic carbocycles. The van der Waals surface area contributed by atoms with Gasteiger partial charge in [-0.1, -0.05) is 70.4 Å². The Labute approximate surface area is 254 Å². The first-order valence-corrected chi connectivity index (χ1v) is 16.6. The number of benzene rings is 2. The Morgan fingerprint density at radius 1 is 1.15 bits per heavy atom. The van der Waals surface area contributed by atoms with Gasteiger partial charge in [0.2, 0.25) is 5.91 Å². The van der Waals surface area contributed by atoms with Crippen molar-refractivity contribution in [1.29, 1.82) is 0 Å². The van der Waals surface area contributed by atoms with Crippen LogP contribution in [0.15, 0.2) is 53.4 Å².